The van der Waals surface area contributed by atoms with E-state index in [9.17, 15) is 17.8 Å². The summed E-state index contributed by atoms with van der Waals surface area (Å²) in [4.78, 5) is 19.3. The van der Waals surface area contributed by atoms with Crippen molar-refractivity contribution in [1.29, 1.82) is 0 Å². The Hall–Kier alpha value is -3.89. The molecule has 10 heteroatoms. The van der Waals surface area contributed by atoms with Gasteiger partial charge in [0.25, 0.3) is 0 Å². The molecule has 216 valence electrons. The van der Waals surface area contributed by atoms with Gasteiger partial charge in [-0.2, -0.15) is 5.10 Å². The second kappa shape index (κ2) is 9.84. The Labute approximate surface area is 243 Å². The van der Waals surface area contributed by atoms with Gasteiger partial charge in [0.2, 0.25) is 0 Å². The van der Waals surface area contributed by atoms with Crippen LogP contribution in [0.4, 0.5) is 8.78 Å². The van der Waals surface area contributed by atoms with Crippen molar-refractivity contribution in [2.75, 3.05) is 0 Å². The van der Waals surface area contributed by atoms with Crippen LogP contribution in [-0.4, -0.2) is 51.6 Å². The molecule has 0 N–H and O–H groups in total. The van der Waals surface area contributed by atoms with Crippen LogP contribution in [0.25, 0.3) is 11.8 Å². The number of carbonyl (C=O) groups is 1. The molecule has 7 rings (SSSR count). The predicted octanol–water partition coefficient (Wildman–Crippen LogP) is 5.40. The summed E-state index contributed by atoms with van der Waals surface area (Å²) in [7, 11) is -1.08. The lowest BCUT2D eigenvalue weighted by atomic mass is 9.60. The van der Waals surface area contributed by atoms with Gasteiger partial charge < -0.3 is 4.57 Å². The van der Waals surface area contributed by atoms with Crippen LogP contribution in [0.5, 0.6) is 0 Å². The second-order valence-electron chi connectivity index (χ2n) is 11.7. The number of aromatic nitrogens is 4. The molecule has 3 aliphatic rings. The Balaban J connectivity index is 1.32. The predicted molar refractivity (Wildman–Crippen MR) is 158 cm³/mol. The van der Waals surface area contributed by atoms with Gasteiger partial charge in [0, 0.05) is 55.2 Å². The van der Waals surface area contributed by atoms with Gasteiger partial charge in [0.05, 0.1) is 26.2 Å². The molecule has 2 fully saturated rings. The third-order valence-corrected chi connectivity index (χ3v) is 11.1. The molecule has 2 saturated carbocycles. The number of Topliss-reactive ketones (excluding diaryl/α,β-unsaturated/α-hetero) is 1. The highest BCUT2D eigenvalue weighted by molar-refractivity contribution is 7.98. The van der Waals surface area contributed by atoms with Gasteiger partial charge in [-0.3, -0.25) is 14.5 Å². The molecule has 1 unspecified atom stereocenters. The van der Waals surface area contributed by atoms with Crippen LogP contribution in [-0.2, 0) is 23.2 Å². The van der Waals surface area contributed by atoms with E-state index in [0.717, 1.165) is 35.4 Å². The number of aryl methyl sites for hydroxylation is 1. The first-order valence-electron chi connectivity index (χ1n) is 14.1. The molecule has 0 saturated heterocycles. The monoisotopic (exact) mass is 587 g/mol. The summed E-state index contributed by atoms with van der Waals surface area (Å²) in [5, 5.41) is 4.24. The van der Waals surface area contributed by atoms with Crippen molar-refractivity contribution in [3.8, 4) is 5.69 Å². The van der Waals surface area contributed by atoms with Gasteiger partial charge >= 0.3 is 0 Å². The zero-order chi connectivity index (χ0) is 29.2. The van der Waals surface area contributed by atoms with Crippen LogP contribution in [0.15, 0.2) is 77.7 Å². The average molecular weight is 588 g/mol. The van der Waals surface area contributed by atoms with E-state index in [2.05, 4.69) is 22.0 Å². The van der Waals surface area contributed by atoms with Crippen LogP contribution in [0.3, 0.4) is 0 Å². The quantitative estimate of drug-likeness (QED) is 0.215. The minimum Gasteiger partial charge on any atom is -0.317 e. The van der Waals surface area contributed by atoms with Crippen molar-refractivity contribution in [3.63, 3.8) is 0 Å². The van der Waals surface area contributed by atoms with Crippen molar-refractivity contribution < 1.29 is 17.8 Å². The Morgan fingerprint density at radius 1 is 1.10 bits per heavy atom. The molecule has 0 amide bonds. The SMILES string of the molecule is C=S(=O)(c1cnn(C)c1)N(C1CC1)[C@H]1CCC2=Cc3c(ccn3-c3ccc(F)cc3)C[C@]2(C(=O)c2cc(F)ccn2)C1. The number of fused-ring (bicyclic) bond motifs is 2. The summed E-state index contributed by atoms with van der Waals surface area (Å²) in [5.41, 5.74) is 2.79. The Morgan fingerprint density at radius 3 is 2.57 bits per heavy atom. The third-order valence-electron chi connectivity index (χ3n) is 8.91. The Morgan fingerprint density at radius 2 is 1.88 bits per heavy atom. The van der Waals surface area contributed by atoms with Crippen molar-refractivity contribution >= 4 is 27.4 Å². The molecule has 3 aliphatic carbocycles. The van der Waals surface area contributed by atoms with E-state index in [-0.39, 0.29) is 29.4 Å². The maximum atomic E-state index is 14.5. The van der Waals surface area contributed by atoms with Crippen molar-refractivity contribution in [1.82, 2.24) is 23.6 Å². The minimum atomic E-state index is -2.87. The molecule has 7 nitrogen and oxygen atoms in total. The van der Waals surface area contributed by atoms with E-state index in [1.54, 1.807) is 36.3 Å². The summed E-state index contributed by atoms with van der Waals surface area (Å²) in [6, 6.07) is 10.7. The van der Waals surface area contributed by atoms with E-state index in [1.807, 2.05) is 21.1 Å². The van der Waals surface area contributed by atoms with Crippen LogP contribution in [0.2, 0.25) is 0 Å². The summed E-state index contributed by atoms with van der Waals surface area (Å²) in [5.74, 6) is 3.17. The highest BCUT2D eigenvalue weighted by atomic mass is 32.2. The number of carbonyl (C=O) groups excluding carboxylic acids is 1. The summed E-state index contributed by atoms with van der Waals surface area (Å²) < 4.78 is 48.1. The molecule has 3 heterocycles. The highest BCUT2D eigenvalue weighted by Gasteiger charge is 2.52. The zero-order valence-corrected chi connectivity index (χ0v) is 24.1. The Kier molecular flexibility index (Phi) is 6.32. The number of rotatable bonds is 7. The summed E-state index contributed by atoms with van der Waals surface area (Å²) in [6.07, 6.45) is 12.7. The molecule has 0 radical (unpaired) electrons. The maximum Gasteiger partial charge on any atom is 0.191 e. The molecule has 0 aliphatic heterocycles. The van der Waals surface area contributed by atoms with Gasteiger partial charge in [-0.15, -0.1) is 0 Å². The standard InChI is InChI=1S/C32H31F2N5O2S/c1-37-20-28(19-36-37)42(2,41)39(26-9-10-26)27-6-3-22-15-30-21(12-14-38(30)25-7-4-23(33)5-8-25)17-32(22,18-27)31(40)29-16-24(34)11-13-35-29/h4-5,7-8,11-16,19-20,26-27H,2-3,6,9-10,17-18H2,1H3/t27-,32-,42?/m0/s1. The molecule has 4 aromatic rings. The van der Waals surface area contributed by atoms with Crippen LogP contribution < -0.4 is 0 Å². The highest BCUT2D eigenvalue weighted by Crippen LogP contribution is 2.52. The van der Waals surface area contributed by atoms with Gasteiger partial charge in [0.15, 0.2) is 5.78 Å². The normalized spacial score (nSPS) is 23.1. The Bertz CT molecular complexity index is 1840. The number of allylic oxidation sites excluding steroid dienone is 1. The van der Waals surface area contributed by atoms with Crippen LogP contribution in [0.1, 0.15) is 53.8 Å². The first-order valence-corrected chi connectivity index (χ1v) is 15.8. The molecular weight excluding hydrogens is 556 g/mol. The van der Waals surface area contributed by atoms with Gasteiger partial charge in [-0.25, -0.2) is 17.3 Å². The number of pyridine rings is 1. The van der Waals surface area contributed by atoms with Crippen LogP contribution in [0, 0.1) is 17.0 Å². The molecule has 42 heavy (non-hydrogen) atoms. The largest absolute Gasteiger partial charge is 0.317 e. The summed E-state index contributed by atoms with van der Waals surface area (Å²) >= 11 is 0. The number of hydrogen-bond acceptors (Lipinski definition) is 4. The fourth-order valence-corrected chi connectivity index (χ4v) is 8.94. The van der Waals surface area contributed by atoms with E-state index in [4.69, 9.17) is 0 Å². The smallest absolute Gasteiger partial charge is 0.191 e. The van der Waals surface area contributed by atoms with Crippen molar-refractivity contribution in [2.45, 2.75) is 55.5 Å². The van der Waals surface area contributed by atoms with E-state index < -0.39 is 20.9 Å². The second-order valence-corrected chi connectivity index (χ2v) is 13.8. The molecule has 3 atom stereocenters. The number of hydrogen-bond donors (Lipinski definition) is 0. The first-order chi connectivity index (χ1) is 20.2. The number of halogens is 2. The fourth-order valence-electron chi connectivity index (χ4n) is 6.81. The summed E-state index contributed by atoms with van der Waals surface area (Å²) in [6.45, 7) is 0. The molecule has 0 spiro atoms. The lowest BCUT2D eigenvalue weighted by Gasteiger charge is -2.47. The maximum absolute atomic E-state index is 14.5. The molecule has 3 aromatic heterocycles. The lowest BCUT2D eigenvalue weighted by Crippen LogP contribution is -2.51. The first kappa shape index (κ1) is 27.0. The molecule has 1 aromatic carbocycles. The van der Waals surface area contributed by atoms with Crippen molar-refractivity contribution in [2.24, 2.45) is 12.5 Å². The van der Waals surface area contributed by atoms with Gasteiger partial charge in [-0.1, -0.05) is 5.57 Å². The average Bonchev–Trinajstić information content (AvgIpc) is 3.55. The van der Waals surface area contributed by atoms with E-state index in [0.29, 0.717) is 30.6 Å². The third kappa shape index (κ3) is 4.44. The van der Waals surface area contributed by atoms with Gasteiger partial charge in [0.1, 0.15) is 17.3 Å². The number of nitrogens with zero attached hydrogens (tertiary/aromatic N) is 5. The molecular formula is C32H31F2N5O2S. The van der Waals surface area contributed by atoms with E-state index >= 15 is 0 Å². The topological polar surface area (TPSA) is 73.0 Å². The van der Waals surface area contributed by atoms with Crippen molar-refractivity contribution in [3.05, 3.63) is 101 Å². The fraction of sp³-hybridized carbons (Fsp3) is 0.312. The lowest BCUT2D eigenvalue weighted by molar-refractivity contribution is 0.0736. The van der Waals surface area contributed by atoms with Crippen LogP contribution >= 0.6 is 0 Å². The zero-order valence-electron chi connectivity index (χ0n) is 23.2. The van der Waals surface area contributed by atoms with Gasteiger partial charge in [-0.05, 0) is 92.4 Å². The van der Waals surface area contributed by atoms with E-state index in [1.165, 1.54) is 30.5 Å². The number of benzene rings is 1. The molecule has 0 bridgehead atoms. The number of ketones is 1. The minimum absolute atomic E-state index is 0.0866.